The van der Waals surface area contributed by atoms with Crippen molar-refractivity contribution in [1.82, 2.24) is 18.7 Å². The third-order valence-electron chi connectivity index (χ3n) is 4.95. The number of benzene rings is 2. The maximum Gasteiger partial charge on any atom is 0.332 e. The standard InChI is InChI=1S/C22H22N4O5/c1-24-19-18(20(29)25(22(24)30)11-6-12-27)26(14-15-7-3-2-4-8-15)21(23-19)31-17-10-5-9-16(28)13-17/h2-5,7-10,13,27-28H,6,11-12,14H2,1H3. The number of aliphatic hydroxyl groups excluding tert-OH is 1. The quantitative estimate of drug-likeness (QED) is 0.470. The predicted octanol–water partition coefficient (Wildman–Crippen LogP) is 1.83. The number of rotatable bonds is 7. The highest BCUT2D eigenvalue weighted by Gasteiger charge is 2.22. The highest BCUT2D eigenvalue weighted by atomic mass is 16.5. The molecule has 9 heteroatoms. The van der Waals surface area contributed by atoms with Crippen LogP contribution in [0.1, 0.15) is 12.0 Å². The van der Waals surface area contributed by atoms with Crippen molar-refractivity contribution in [3.63, 3.8) is 0 Å². The van der Waals surface area contributed by atoms with Gasteiger partial charge in [0.05, 0.1) is 6.54 Å². The summed E-state index contributed by atoms with van der Waals surface area (Å²) in [4.78, 5) is 30.4. The highest BCUT2D eigenvalue weighted by Crippen LogP contribution is 2.27. The lowest BCUT2D eigenvalue weighted by molar-refractivity contribution is 0.277. The zero-order chi connectivity index (χ0) is 22.0. The van der Waals surface area contributed by atoms with Crippen LogP contribution in [-0.2, 0) is 20.1 Å². The van der Waals surface area contributed by atoms with E-state index in [1.807, 2.05) is 30.3 Å². The Kier molecular flexibility index (Phi) is 5.59. The fraction of sp³-hybridized carbons (Fsp3) is 0.227. The smallest absolute Gasteiger partial charge is 0.332 e. The number of aromatic nitrogens is 4. The number of phenolic OH excluding ortho intramolecular Hbond substituents is 1. The second-order valence-corrected chi connectivity index (χ2v) is 7.11. The molecular weight excluding hydrogens is 400 g/mol. The molecule has 160 valence electrons. The minimum absolute atomic E-state index is 0.0296. The molecule has 0 aliphatic heterocycles. The summed E-state index contributed by atoms with van der Waals surface area (Å²) in [7, 11) is 1.54. The van der Waals surface area contributed by atoms with E-state index in [4.69, 9.17) is 9.84 Å². The van der Waals surface area contributed by atoms with Crippen LogP contribution in [0.4, 0.5) is 0 Å². The van der Waals surface area contributed by atoms with Crippen molar-refractivity contribution in [3.05, 3.63) is 81.0 Å². The summed E-state index contributed by atoms with van der Waals surface area (Å²) in [5.41, 5.74) is 0.318. The number of phenols is 1. The Bertz CT molecular complexity index is 1340. The van der Waals surface area contributed by atoms with Crippen molar-refractivity contribution in [1.29, 1.82) is 0 Å². The monoisotopic (exact) mass is 422 g/mol. The van der Waals surface area contributed by atoms with E-state index in [0.717, 1.165) is 10.1 Å². The number of ether oxygens (including phenoxy) is 1. The van der Waals surface area contributed by atoms with Crippen LogP contribution in [-0.4, -0.2) is 35.5 Å². The summed E-state index contributed by atoms with van der Waals surface area (Å²) in [5, 5.41) is 18.9. The average molecular weight is 422 g/mol. The van der Waals surface area contributed by atoms with Crippen molar-refractivity contribution in [2.45, 2.75) is 19.5 Å². The van der Waals surface area contributed by atoms with Crippen molar-refractivity contribution in [2.75, 3.05) is 6.61 Å². The molecule has 0 aliphatic carbocycles. The maximum absolute atomic E-state index is 13.2. The summed E-state index contributed by atoms with van der Waals surface area (Å²) >= 11 is 0. The topological polar surface area (TPSA) is 112 Å². The van der Waals surface area contributed by atoms with Crippen molar-refractivity contribution in [3.8, 4) is 17.5 Å². The van der Waals surface area contributed by atoms with Gasteiger partial charge in [0.15, 0.2) is 11.2 Å². The first-order chi connectivity index (χ1) is 15.0. The van der Waals surface area contributed by atoms with Crippen LogP contribution in [0.3, 0.4) is 0 Å². The third-order valence-corrected chi connectivity index (χ3v) is 4.95. The molecular formula is C22H22N4O5. The molecule has 0 radical (unpaired) electrons. The minimum atomic E-state index is -0.515. The highest BCUT2D eigenvalue weighted by molar-refractivity contribution is 5.72. The molecule has 0 bridgehead atoms. The van der Waals surface area contributed by atoms with Gasteiger partial charge in [-0.2, -0.15) is 4.98 Å². The van der Waals surface area contributed by atoms with Gasteiger partial charge in [0.1, 0.15) is 11.5 Å². The van der Waals surface area contributed by atoms with Gasteiger partial charge in [0.25, 0.3) is 5.56 Å². The van der Waals surface area contributed by atoms with Crippen LogP contribution < -0.4 is 16.0 Å². The normalized spacial score (nSPS) is 11.2. The van der Waals surface area contributed by atoms with Gasteiger partial charge in [0, 0.05) is 26.3 Å². The summed E-state index contributed by atoms with van der Waals surface area (Å²) in [5.74, 6) is 0.372. The Labute approximate surface area is 177 Å². The fourth-order valence-corrected chi connectivity index (χ4v) is 3.42. The molecule has 2 N–H and O–H groups in total. The molecule has 2 aromatic carbocycles. The molecule has 2 aromatic heterocycles. The summed E-state index contributed by atoms with van der Waals surface area (Å²) < 4.78 is 9.92. The van der Waals surface area contributed by atoms with Crippen molar-refractivity contribution < 1.29 is 14.9 Å². The van der Waals surface area contributed by atoms with Crippen LogP contribution in [0, 0.1) is 0 Å². The first-order valence-corrected chi connectivity index (χ1v) is 9.81. The van der Waals surface area contributed by atoms with E-state index in [2.05, 4.69) is 4.98 Å². The number of aryl methyl sites for hydroxylation is 1. The summed E-state index contributed by atoms with van der Waals surface area (Å²) in [6.45, 7) is 0.249. The number of hydrogen-bond acceptors (Lipinski definition) is 6. The number of fused-ring (bicyclic) bond motifs is 1. The molecule has 0 fully saturated rings. The molecule has 4 aromatic rings. The van der Waals surface area contributed by atoms with Crippen LogP contribution in [0.5, 0.6) is 17.5 Å². The Balaban J connectivity index is 1.94. The lowest BCUT2D eigenvalue weighted by atomic mass is 10.2. The van der Waals surface area contributed by atoms with Crippen LogP contribution in [0.25, 0.3) is 11.2 Å². The van der Waals surface area contributed by atoms with Crippen LogP contribution >= 0.6 is 0 Å². The fourth-order valence-electron chi connectivity index (χ4n) is 3.42. The number of aromatic hydroxyl groups is 1. The van der Waals surface area contributed by atoms with Crippen molar-refractivity contribution in [2.24, 2.45) is 7.05 Å². The Morgan fingerprint density at radius 2 is 1.81 bits per heavy atom. The van der Waals surface area contributed by atoms with Gasteiger partial charge in [-0.3, -0.25) is 18.5 Å². The van der Waals surface area contributed by atoms with Crippen LogP contribution in [0.2, 0.25) is 0 Å². The lowest BCUT2D eigenvalue weighted by Gasteiger charge is -2.11. The predicted molar refractivity (Wildman–Crippen MR) is 115 cm³/mol. The van der Waals surface area contributed by atoms with Gasteiger partial charge in [-0.15, -0.1) is 0 Å². The van der Waals surface area contributed by atoms with Gasteiger partial charge in [-0.25, -0.2) is 4.79 Å². The third kappa shape index (κ3) is 3.95. The average Bonchev–Trinajstić information content (AvgIpc) is 3.11. The molecule has 9 nitrogen and oxygen atoms in total. The molecule has 31 heavy (non-hydrogen) atoms. The van der Waals surface area contributed by atoms with Crippen LogP contribution in [0.15, 0.2) is 64.2 Å². The lowest BCUT2D eigenvalue weighted by Crippen LogP contribution is -2.39. The largest absolute Gasteiger partial charge is 0.508 e. The Morgan fingerprint density at radius 3 is 2.52 bits per heavy atom. The number of imidazole rings is 1. The van der Waals surface area contributed by atoms with Gasteiger partial charge in [-0.05, 0) is 24.1 Å². The molecule has 0 atom stereocenters. The molecule has 4 rings (SSSR count). The molecule has 2 heterocycles. The molecule has 0 aliphatic rings. The second-order valence-electron chi connectivity index (χ2n) is 7.11. The summed E-state index contributed by atoms with van der Waals surface area (Å²) in [6, 6.07) is 15.9. The van der Waals surface area contributed by atoms with E-state index in [-0.39, 0.29) is 42.5 Å². The molecule has 0 unspecified atom stereocenters. The zero-order valence-electron chi connectivity index (χ0n) is 16.9. The van der Waals surface area contributed by atoms with E-state index >= 15 is 0 Å². The van der Waals surface area contributed by atoms with Gasteiger partial charge < -0.3 is 14.9 Å². The van der Waals surface area contributed by atoms with E-state index in [1.54, 1.807) is 16.7 Å². The zero-order valence-corrected chi connectivity index (χ0v) is 16.9. The van der Waals surface area contributed by atoms with Gasteiger partial charge in [-0.1, -0.05) is 36.4 Å². The first kappa shape index (κ1) is 20.4. The molecule has 0 saturated heterocycles. The molecule has 0 amide bonds. The van der Waals surface area contributed by atoms with Crippen molar-refractivity contribution >= 4 is 11.2 Å². The van der Waals surface area contributed by atoms with E-state index < -0.39 is 11.2 Å². The minimum Gasteiger partial charge on any atom is -0.508 e. The number of hydrogen-bond donors (Lipinski definition) is 2. The summed E-state index contributed by atoms with van der Waals surface area (Å²) in [6.07, 6.45) is 0.278. The maximum atomic E-state index is 13.2. The number of aliphatic hydroxyl groups is 1. The van der Waals surface area contributed by atoms with E-state index in [9.17, 15) is 14.7 Å². The Hall–Kier alpha value is -3.85. The SMILES string of the molecule is Cn1c(=O)n(CCCO)c(=O)c2c1nc(Oc1cccc(O)c1)n2Cc1ccccc1. The second kappa shape index (κ2) is 8.49. The Morgan fingerprint density at radius 1 is 1.03 bits per heavy atom. The van der Waals surface area contributed by atoms with E-state index in [0.29, 0.717) is 12.3 Å². The number of nitrogens with zero attached hydrogens (tertiary/aromatic N) is 4. The van der Waals surface area contributed by atoms with Gasteiger partial charge in [0.2, 0.25) is 0 Å². The molecule has 0 spiro atoms. The first-order valence-electron chi connectivity index (χ1n) is 9.81. The van der Waals surface area contributed by atoms with Gasteiger partial charge >= 0.3 is 11.7 Å². The van der Waals surface area contributed by atoms with E-state index in [1.165, 1.54) is 23.7 Å². The molecule has 0 saturated carbocycles.